The summed E-state index contributed by atoms with van der Waals surface area (Å²) in [6, 6.07) is 9.68. The highest BCUT2D eigenvalue weighted by Gasteiger charge is 2.13. The molecule has 0 saturated heterocycles. The highest BCUT2D eigenvalue weighted by atomic mass is 19.2. The largest absolute Gasteiger partial charge is 0.508 e. The van der Waals surface area contributed by atoms with Gasteiger partial charge in [0.15, 0.2) is 17.5 Å². The minimum atomic E-state index is -1.52. The topological polar surface area (TPSA) is 59.1 Å². The van der Waals surface area contributed by atoms with Crippen LogP contribution in [0.15, 0.2) is 48.7 Å². The number of anilines is 1. The summed E-state index contributed by atoms with van der Waals surface area (Å²) in [5.74, 6) is -3.84. The second-order valence-corrected chi connectivity index (χ2v) is 4.96. The molecule has 0 aliphatic heterocycles. The minimum absolute atomic E-state index is 0.0474. The second-order valence-electron chi connectivity index (χ2n) is 4.96. The first-order valence-corrected chi connectivity index (χ1v) is 6.65. The Morgan fingerprint density at radius 3 is 2.22 bits per heavy atom. The van der Waals surface area contributed by atoms with Crippen LogP contribution in [-0.2, 0) is 0 Å². The third-order valence-corrected chi connectivity index (χ3v) is 3.39. The average Bonchev–Trinajstić information content (AvgIpc) is 2.52. The standard InChI is InChI=1S/C17H11F3N2O/c18-14-6-10(7-15(19)16(14)20)11-5-13(17(21)22-8-11)9-2-1-3-12(23)4-9/h1-8,23H,(H2,21,22). The lowest BCUT2D eigenvalue weighted by atomic mass is 10.0. The second kappa shape index (κ2) is 5.64. The van der Waals surface area contributed by atoms with Crippen LogP contribution < -0.4 is 5.73 Å². The monoisotopic (exact) mass is 316 g/mol. The lowest BCUT2D eigenvalue weighted by Gasteiger charge is -2.09. The van der Waals surface area contributed by atoms with E-state index in [9.17, 15) is 18.3 Å². The predicted molar refractivity (Wildman–Crippen MR) is 81.1 cm³/mol. The zero-order valence-electron chi connectivity index (χ0n) is 11.7. The molecule has 0 spiro atoms. The van der Waals surface area contributed by atoms with Gasteiger partial charge >= 0.3 is 0 Å². The van der Waals surface area contributed by atoms with Gasteiger partial charge in [0.05, 0.1) is 0 Å². The number of phenolic OH excluding ortho intramolecular Hbond substituents is 1. The van der Waals surface area contributed by atoms with Crippen LogP contribution in [0.3, 0.4) is 0 Å². The van der Waals surface area contributed by atoms with E-state index in [1.165, 1.54) is 18.3 Å². The Morgan fingerprint density at radius 1 is 0.870 bits per heavy atom. The zero-order chi connectivity index (χ0) is 16.6. The number of nitrogens with two attached hydrogens (primary N) is 1. The molecule has 0 amide bonds. The van der Waals surface area contributed by atoms with E-state index in [2.05, 4.69) is 4.98 Å². The zero-order valence-corrected chi connectivity index (χ0v) is 11.7. The van der Waals surface area contributed by atoms with Crippen molar-refractivity contribution in [3.05, 3.63) is 66.1 Å². The fourth-order valence-electron chi connectivity index (χ4n) is 2.26. The van der Waals surface area contributed by atoms with Crippen molar-refractivity contribution in [1.82, 2.24) is 4.98 Å². The Balaban J connectivity index is 2.14. The van der Waals surface area contributed by atoms with Gasteiger partial charge in [0, 0.05) is 17.3 Å². The van der Waals surface area contributed by atoms with Crippen molar-refractivity contribution in [3.8, 4) is 28.0 Å². The molecule has 0 saturated carbocycles. The highest BCUT2D eigenvalue weighted by molar-refractivity contribution is 5.79. The van der Waals surface area contributed by atoms with Crippen molar-refractivity contribution in [2.24, 2.45) is 0 Å². The number of nitrogen functional groups attached to an aromatic ring is 1. The van der Waals surface area contributed by atoms with E-state index in [0.717, 1.165) is 12.1 Å². The number of hydrogen-bond acceptors (Lipinski definition) is 3. The van der Waals surface area contributed by atoms with Crippen molar-refractivity contribution in [3.63, 3.8) is 0 Å². The van der Waals surface area contributed by atoms with Crippen LogP contribution in [0.1, 0.15) is 0 Å². The van der Waals surface area contributed by atoms with E-state index < -0.39 is 17.5 Å². The molecule has 0 unspecified atom stereocenters. The van der Waals surface area contributed by atoms with Gasteiger partial charge in [0.25, 0.3) is 0 Å². The summed E-state index contributed by atoms with van der Waals surface area (Å²) in [7, 11) is 0. The molecule has 0 fully saturated rings. The normalized spacial score (nSPS) is 10.7. The molecule has 0 aliphatic carbocycles. The molecule has 0 atom stereocenters. The van der Waals surface area contributed by atoms with Gasteiger partial charge in [-0.25, -0.2) is 18.2 Å². The van der Waals surface area contributed by atoms with E-state index >= 15 is 0 Å². The van der Waals surface area contributed by atoms with Crippen molar-refractivity contribution < 1.29 is 18.3 Å². The maximum Gasteiger partial charge on any atom is 0.194 e. The number of nitrogens with zero attached hydrogens (tertiary/aromatic N) is 1. The van der Waals surface area contributed by atoms with Gasteiger partial charge in [-0.3, -0.25) is 0 Å². The smallest absolute Gasteiger partial charge is 0.194 e. The number of aromatic nitrogens is 1. The fraction of sp³-hybridized carbons (Fsp3) is 0. The molecule has 3 nitrogen and oxygen atoms in total. The number of benzene rings is 2. The molecule has 3 N–H and O–H groups in total. The van der Waals surface area contributed by atoms with Crippen molar-refractivity contribution in [2.45, 2.75) is 0 Å². The molecule has 116 valence electrons. The lowest BCUT2D eigenvalue weighted by Crippen LogP contribution is -1.96. The van der Waals surface area contributed by atoms with Gasteiger partial charge in [0.2, 0.25) is 0 Å². The van der Waals surface area contributed by atoms with Gasteiger partial charge in [-0.1, -0.05) is 12.1 Å². The van der Waals surface area contributed by atoms with E-state index in [4.69, 9.17) is 5.73 Å². The summed E-state index contributed by atoms with van der Waals surface area (Å²) in [6.45, 7) is 0. The lowest BCUT2D eigenvalue weighted by molar-refractivity contribution is 0.447. The minimum Gasteiger partial charge on any atom is -0.508 e. The first-order valence-electron chi connectivity index (χ1n) is 6.65. The summed E-state index contributed by atoms with van der Waals surface area (Å²) in [6.07, 6.45) is 1.34. The SMILES string of the molecule is Nc1ncc(-c2cc(F)c(F)c(F)c2)cc1-c1cccc(O)c1. The fourth-order valence-corrected chi connectivity index (χ4v) is 2.26. The van der Waals surface area contributed by atoms with Crippen molar-refractivity contribution in [1.29, 1.82) is 0 Å². The third-order valence-electron chi connectivity index (χ3n) is 3.39. The van der Waals surface area contributed by atoms with Crippen LogP contribution in [0.25, 0.3) is 22.3 Å². The molecule has 0 bridgehead atoms. The molecule has 6 heteroatoms. The Labute approximate surface area is 129 Å². The van der Waals surface area contributed by atoms with E-state index in [1.807, 2.05) is 0 Å². The summed E-state index contributed by atoms with van der Waals surface area (Å²) in [5.41, 5.74) is 7.42. The number of aromatic hydroxyl groups is 1. The molecular weight excluding hydrogens is 305 g/mol. The first kappa shape index (κ1) is 14.9. The van der Waals surface area contributed by atoms with E-state index in [-0.39, 0.29) is 17.1 Å². The van der Waals surface area contributed by atoms with E-state index in [0.29, 0.717) is 16.7 Å². The van der Waals surface area contributed by atoms with E-state index in [1.54, 1.807) is 18.2 Å². The van der Waals surface area contributed by atoms with Crippen LogP contribution >= 0.6 is 0 Å². The molecular formula is C17H11F3N2O. The highest BCUT2D eigenvalue weighted by Crippen LogP contribution is 2.32. The molecule has 3 aromatic rings. The Kier molecular flexibility index (Phi) is 3.65. The maximum absolute atomic E-state index is 13.4. The van der Waals surface area contributed by atoms with Crippen molar-refractivity contribution in [2.75, 3.05) is 5.73 Å². The van der Waals surface area contributed by atoms with Crippen LogP contribution in [0.4, 0.5) is 19.0 Å². The van der Waals surface area contributed by atoms with Gasteiger partial charge in [-0.2, -0.15) is 0 Å². The van der Waals surface area contributed by atoms with Gasteiger partial charge in [-0.05, 0) is 41.5 Å². The molecule has 0 aliphatic rings. The molecule has 23 heavy (non-hydrogen) atoms. The maximum atomic E-state index is 13.4. The summed E-state index contributed by atoms with van der Waals surface area (Å²) >= 11 is 0. The molecule has 2 aromatic carbocycles. The predicted octanol–water partition coefficient (Wildman–Crippen LogP) is 4.12. The quantitative estimate of drug-likeness (QED) is 0.699. The van der Waals surface area contributed by atoms with Crippen LogP contribution in [0.5, 0.6) is 5.75 Å². The number of rotatable bonds is 2. The van der Waals surface area contributed by atoms with Gasteiger partial charge in [-0.15, -0.1) is 0 Å². The third kappa shape index (κ3) is 2.83. The number of pyridine rings is 1. The molecule has 3 rings (SSSR count). The summed E-state index contributed by atoms with van der Waals surface area (Å²) in [4.78, 5) is 4.00. The number of phenols is 1. The Hall–Kier alpha value is -3.02. The summed E-state index contributed by atoms with van der Waals surface area (Å²) in [5, 5.41) is 9.55. The van der Waals surface area contributed by atoms with Gasteiger partial charge < -0.3 is 10.8 Å². The molecule has 1 heterocycles. The van der Waals surface area contributed by atoms with Crippen LogP contribution in [-0.4, -0.2) is 10.1 Å². The molecule has 0 radical (unpaired) electrons. The van der Waals surface area contributed by atoms with Gasteiger partial charge in [0.1, 0.15) is 11.6 Å². The van der Waals surface area contributed by atoms with Crippen molar-refractivity contribution >= 4 is 5.82 Å². The Bertz CT molecular complexity index is 874. The number of hydrogen-bond donors (Lipinski definition) is 2. The summed E-state index contributed by atoms with van der Waals surface area (Å²) < 4.78 is 39.8. The number of halogens is 3. The Morgan fingerprint density at radius 2 is 1.57 bits per heavy atom. The average molecular weight is 316 g/mol. The molecule has 1 aromatic heterocycles. The van der Waals surface area contributed by atoms with Crippen LogP contribution in [0, 0.1) is 17.5 Å². The van der Waals surface area contributed by atoms with Crippen LogP contribution in [0.2, 0.25) is 0 Å². The first-order chi connectivity index (χ1) is 11.0.